The van der Waals surface area contributed by atoms with E-state index in [1.165, 1.54) is 5.56 Å². The highest BCUT2D eigenvalue weighted by molar-refractivity contribution is 5.45. The molecule has 5 nitrogen and oxygen atoms in total. The molecule has 0 saturated heterocycles. The summed E-state index contributed by atoms with van der Waals surface area (Å²) in [5, 5.41) is 3.39. The fourth-order valence-electron chi connectivity index (χ4n) is 2.17. The van der Waals surface area contributed by atoms with E-state index in [1.54, 1.807) is 19.4 Å². The van der Waals surface area contributed by atoms with Crippen molar-refractivity contribution >= 4 is 11.5 Å². The van der Waals surface area contributed by atoms with Gasteiger partial charge in [0.2, 0.25) is 0 Å². The Balaban J connectivity index is 2.10. The first-order valence-corrected chi connectivity index (χ1v) is 6.86. The smallest absolute Gasteiger partial charge is 0.123 e. The molecule has 0 amide bonds. The highest BCUT2D eigenvalue weighted by Crippen LogP contribution is 2.23. The van der Waals surface area contributed by atoms with Crippen molar-refractivity contribution in [2.45, 2.75) is 6.04 Å². The van der Waals surface area contributed by atoms with Crippen LogP contribution in [0.25, 0.3) is 0 Å². The van der Waals surface area contributed by atoms with E-state index in [1.807, 2.05) is 18.2 Å². The number of benzene rings is 1. The first-order chi connectivity index (χ1) is 10.1. The lowest BCUT2D eigenvalue weighted by atomic mass is 10.1. The van der Waals surface area contributed by atoms with Crippen LogP contribution >= 0.6 is 0 Å². The number of ether oxygens (including phenoxy) is 1. The molecule has 0 aliphatic heterocycles. The van der Waals surface area contributed by atoms with Crippen molar-refractivity contribution in [2.75, 3.05) is 38.8 Å². The van der Waals surface area contributed by atoms with Crippen molar-refractivity contribution in [3.05, 3.63) is 48.2 Å². The molecule has 2 aromatic rings. The molecule has 0 radical (unpaired) electrons. The predicted octanol–water partition coefficient (Wildman–Crippen LogP) is 2.39. The third-order valence-electron chi connectivity index (χ3n) is 3.39. The van der Waals surface area contributed by atoms with Crippen LogP contribution in [-0.2, 0) is 0 Å². The van der Waals surface area contributed by atoms with Gasteiger partial charge in [-0.15, -0.1) is 0 Å². The first-order valence-electron chi connectivity index (χ1n) is 6.86. The molecule has 1 atom stereocenters. The van der Waals surface area contributed by atoms with Crippen LogP contribution in [0.15, 0.2) is 42.6 Å². The molecular weight excluding hydrogens is 264 g/mol. The Hall–Kier alpha value is -2.27. The summed E-state index contributed by atoms with van der Waals surface area (Å²) in [6, 6.07) is 12.1. The summed E-state index contributed by atoms with van der Waals surface area (Å²) in [5.41, 5.74) is 7.75. The van der Waals surface area contributed by atoms with Crippen LogP contribution in [0.2, 0.25) is 0 Å². The van der Waals surface area contributed by atoms with Gasteiger partial charge in [-0.05, 0) is 43.9 Å². The summed E-state index contributed by atoms with van der Waals surface area (Å²) >= 11 is 0. The average molecular weight is 286 g/mol. The SMILES string of the molecule is COc1cccc(C(CNc2ccc(N)nc2)N(C)C)c1. The number of anilines is 2. The maximum Gasteiger partial charge on any atom is 0.123 e. The second-order valence-corrected chi connectivity index (χ2v) is 5.11. The normalized spacial score (nSPS) is 12.2. The summed E-state index contributed by atoms with van der Waals surface area (Å²) in [4.78, 5) is 6.26. The number of methoxy groups -OCH3 is 1. The molecule has 0 fully saturated rings. The van der Waals surface area contributed by atoms with Gasteiger partial charge in [-0.2, -0.15) is 0 Å². The Morgan fingerprint density at radius 1 is 1.29 bits per heavy atom. The maximum atomic E-state index is 5.59. The number of nitrogens with two attached hydrogens (primary N) is 1. The van der Waals surface area contributed by atoms with Gasteiger partial charge in [-0.1, -0.05) is 12.1 Å². The molecule has 1 aromatic carbocycles. The maximum absolute atomic E-state index is 5.59. The van der Waals surface area contributed by atoms with Crippen LogP contribution in [0.4, 0.5) is 11.5 Å². The molecule has 3 N–H and O–H groups in total. The van der Waals surface area contributed by atoms with Crippen LogP contribution in [0.3, 0.4) is 0 Å². The molecule has 0 aliphatic rings. The van der Waals surface area contributed by atoms with Crippen LogP contribution in [0, 0.1) is 0 Å². The predicted molar refractivity (Wildman–Crippen MR) is 86.6 cm³/mol. The number of hydrogen-bond acceptors (Lipinski definition) is 5. The monoisotopic (exact) mass is 286 g/mol. The Bertz CT molecular complexity index is 569. The quantitative estimate of drug-likeness (QED) is 0.853. The van der Waals surface area contributed by atoms with Gasteiger partial charge in [-0.3, -0.25) is 0 Å². The topological polar surface area (TPSA) is 63.4 Å². The van der Waals surface area contributed by atoms with Gasteiger partial charge in [-0.25, -0.2) is 4.98 Å². The zero-order valence-electron chi connectivity index (χ0n) is 12.7. The van der Waals surface area contributed by atoms with Gasteiger partial charge in [0.05, 0.1) is 25.0 Å². The minimum absolute atomic E-state index is 0.234. The number of likely N-dealkylation sites (N-methyl/N-ethyl adjacent to an activating group) is 1. The van der Waals surface area contributed by atoms with Crippen molar-refractivity contribution in [3.8, 4) is 5.75 Å². The van der Waals surface area contributed by atoms with Gasteiger partial charge >= 0.3 is 0 Å². The summed E-state index contributed by atoms with van der Waals surface area (Å²) in [6.45, 7) is 0.770. The number of aromatic nitrogens is 1. The summed E-state index contributed by atoms with van der Waals surface area (Å²) in [5.74, 6) is 1.39. The number of pyridine rings is 1. The lowest BCUT2D eigenvalue weighted by Crippen LogP contribution is -2.26. The number of hydrogen-bond donors (Lipinski definition) is 2. The third kappa shape index (κ3) is 4.10. The minimum atomic E-state index is 0.234. The Morgan fingerprint density at radius 2 is 2.10 bits per heavy atom. The zero-order valence-corrected chi connectivity index (χ0v) is 12.7. The number of nitrogen functional groups attached to an aromatic ring is 1. The summed E-state index contributed by atoms with van der Waals surface area (Å²) < 4.78 is 5.30. The minimum Gasteiger partial charge on any atom is -0.497 e. The Kier molecular flexibility index (Phi) is 5.00. The van der Waals surface area contributed by atoms with E-state index >= 15 is 0 Å². The van der Waals surface area contributed by atoms with Crippen LogP contribution in [0.1, 0.15) is 11.6 Å². The average Bonchev–Trinajstić information content (AvgIpc) is 2.49. The second kappa shape index (κ2) is 6.95. The molecular formula is C16H22N4O. The summed E-state index contributed by atoms with van der Waals surface area (Å²) in [7, 11) is 5.81. The Labute approximate surface area is 125 Å². The number of rotatable bonds is 6. The van der Waals surface area contributed by atoms with E-state index in [0.29, 0.717) is 5.82 Å². The van der Waals surface area contributed by atoms with Crippen LogP contribution in [-0.4, -0.2) is 37.6 Å². The van der Waals surface area contributed by atoms with Crippen molar-refractivity contribution in [1.82, 2.24) is 9.88 Å². The standard InChI is InChI=1S/C16H22N4O/c1-20(2)15(12-5-4-6-14(9-12)21-3)11-18-13-7-8-16(17)19-10-13/h4-10,15,18H,11H2,1-3H3,(H2,17,19). The van der Waals surface area contributed by atoms with Crippen LogP contribution in [0.5, 0.6) is 5.75 Å². The van der Waals surface area contributed by atoms with Crippen molar-refractivity contribution in [3.63, 3.8) is 0 Å². The van der Waals surface area contributed by atoms with Crippen molar-refractivity contribution in [2.24, 2.45) is 0 Å². The second-order valence-electron chi connectivity index (χ2n) is 5.11. The highest BCUT2D eigenvalue weighted by Gasteiger charge is 2.14. The Morgan fingerprint density at radius 3 is 2.71 bits per heavy atom. The molecule has 112 valence electrons. The fraction of sp³-hybridized carbons (Fsp3) is 0.312. The highest BCUT2D eigenvalue weighted by atomic mass is 16.5. The van der Waals surface area contributed by atoms with E-state index in [2.05, 4.69) is 41.4 Å². The molecule has 0 saturated carbocycles. The van der Waals surface area contributed by atoms with E-state index in [4.69, 9.17) is 10.5 Å². The lowest BCUT2D eigenvalue weighted by molar-refractivity contribution is 0.310. The number of nitrogens with one attached hydrogen (secondary N) is 1. The largest absolute Gasteiger partial charge is 0.497 e. The molecule has 1 aromatic heterocycles. The summed E-state index contributed by atoms with van der Waals surface area (Å²) in [6.07, 6.45) is 1.74. The number of nitrogens with zero attached hydrogens (tertiary/aromatic N) is 2. The zero-order chi connectivity index (χ0) is 15.2. The molecule has 0 bridgehead atoms. The first kappa shape index (κ1) is 15.1. The van der Waals surface area contributed by atoms with Gasteiger partial charge < -0.3 is 20.7 Å². The van der Waals surface area contributed by atoms with Gasteiger partial charge in [0, 0.05) is 6.54 Å². The van der Waals surface area contributed by atoms with Gasteiger partial charge in [0.15, 0.2) is 0 Å². The molecule has 2 rings (SSSR count). The van der Waals surface area contributed by atoms with E-state index in [9.17, 15) is 0 Å². The van der Waals surface area contributed by atoms with E-state index < -0.39 is 0 Å². The van der Waals surface area contributed by atoms with E-state index in [-0.39, 0.29) is 6.04 Å². The molecule has 0 spiro atoms. The molecule has 21 heavy (non-hydrogen) atoms. The third-order valence-corrected chi connectivity index (χ3v) is 3.39. The van der Waals surface area contributed by atoms with E-state index in [0.717, 1.165) is 18.0 Å². The molecule has 1 heterocycles. The molecule has 0 aliphatic carbocycles. The van der Waals surface area contributed by atoms with Crippen LogP contribution < -0.4 is 15.8 Å². The fourth-order valence-corrected chi connectivity index (χ4v) is 2.17. The van der Waals surface area contributed by atoms with Crippen molar-refractivity contribution < 1.29 is 4.74 Å². The van der Waals surface area contributed by atoms with Gasteiger partial charge in [0.1, 0.15) is 11.6 Å². The van der Waals surface area contributed by atoms with Crippen molar-refractivity contribution in [1.29, 1.82) is 0 Å². The lowest BCUT2D eigenvalue weighted by Gasteiger charge is -2.25. The molecule has 1 unspecified atom stereocenters. The molecule has 5 heteroatoms. The van der Waals surface area contributed by atoms with Gasteiger partial charge in [0.25, 0.3) is 0 Å².